The van der Waals surface area contributed by atoms with Crippen molar-refractivity contribution < 1.29 is 32.4 Å². The highest BCUT2D eigenvalue weighted by Gasteiger charge is 2.38. The molecule has 2 heterocycles. The van der Waals surface area contributed by atoms with Crippen LogP contribution in [0.25, 0.3) is 0 Å². The minimum atomic E-state index is -4.82. The molecule has 206 valence electrons. The third-order valence-electron chi connectivity index (χ3n) is 6.72. The number of piperazine rings is 1. The predicted molar refractivity (Wildman–Crippen MR) is 133 cm³/mol. The maximum absolute atomic E-state index is 13.3. The van der Waals surface area contributed by atoms with E-state index < -0.39 is 22.4 Å². The van der Waals surface area contributed by atoms with Crippen LogP contribution < -0.4 is 15.0 Å². The van der Waals surface area contributed by atoms with Crippen molar-refractivity contribution in [3.63, 3.8) is 0 Å². The quantitative estimate of drug-likeness (QED) is 0.384. The van der Waals surface area contributed by atoms with Gasteiger partial charge in [-0.25, -0.2) is 4.79 Å². The number of benzene rings is 1. The van der Waals surface area contributed by atoms with Gasteiger partial charge in [0.2, 0.25) is 0 Å². The van der Waals surface area contributed by atoms with Crippen molar-refractivity contribution >= 4 is 23.2 Å². The van der Waals surface area contributed by atoms with Gasteiger partial charge in [0.25, 0.3) is 5.69 Å². The van der Waals surface area contributed by atoms with Crippen LogP contribution in [-0.2, 0) is 10.9 Å². The molecule has 1 aromatic heterocycles. The van der Waals surface area contributed by atoms with E-state index in [1.165, 1.54) is 6.07 Å². The summed E-state index contributed by atoms with van der Waals surface area (Å²) >= 11 is 0. The van der Waals surface area contributed by atoms with Crippen LogP contribution in [0.5, 0.6) is 5.75 Å². The summed E-state index contributed by atoms with van der Waals surface area (Å²) in [6.45, 7) is 4.54. The van der Waals surface area contributed by atoms with E-state index in [-0.39, 0.29) is 23.9 Å². The Bertz CT molecular complexity index is 1130. The molecule has 2 fully saturated rings. The van der Waals surface area contributed by atoms with E-state index in [1.54, 1.807) is 24.2 Å². The Kier molecular flexibility index (Phi) is 8.42. The molecule has 10 nitrogen and oxygen atoms in total. The Balaban J connectivity index is 1.29. The van der Waals surface area contributed by atoms with Gasteiger partial charge in [-0.2, -0.15) is 13.2 Å². The van der Waals surface area contributed by atoms with Crippen LogP contribution in [0.2, 0.25) is 0 Å². The van der Waals surface area contributed by atoms with Gasteiger partial charge in [-0.3, -0.25) is 15.1 Å². The third kappa shape index (κ3) is 6.75. The number of alkyl halides is 3. The second-order valence-electron chi connectivity index (χ2n) is 9.27. The smallest absolute Gasteiger partial charge is 0.423 e. The van der Waals surface area contributed by atoms with Crippen LogP contribution in [0.15, 0.2) is 36.7 Å². The second kappa shape index (κ2) is 11.7. The molecule has 1 N–H and O–H groups in total. The molecule has 0 bridgehead atoms. The normalized spacial score (nSPS) is 20.1. The number of nitro benzene ring substituents is 1. The molecule has 38 heavy (non-hydrogen) atoms. The number of carbonyl (C=O) groups is 1. The number of halogens is 3. The number of ether oxygens (including phenoxy) is 2. The number of nitrogens with one attached hydrogen (secondary N) is 1. The van der Waals surface area contributed by atoms with Gasteiger partial charge in [-0.15, -0.1) is 0 Å². The Morgan fingerprint density at radius 2 is 1.84 bits per heavy atom. The molecule has 0 unspecified atom stereocenters. The standard InChI is InChI=1S/C25H30F3N5O5/c1-2-37-24(34)32-11-9-31(10-12-32)19-14-21(16-29-15-19)38-20-6-3-17(4-7-20)30-18-5-8-23(33(35)36)22(13-18)25(26,27)28/h5,8,13-17,20,30H,2-4,6-7,9-12H2,1H3/t17-,20-. The molecule has 13 heteroatoms. The van der Waals surface area contributed by atoms with Crippen molar-refractivity contribution in [1.29, 1.82) is 0 Å². The van der Waals surface area contributed by atoms with Gasteiger partial charge >= 0.3 is 12.3 Å². The predicted octanol–water partition coefficient (Wildman–Crippen LogP) is 5.09. The van der Waals surface area contributed by atoms with Crippen LogP contribution in [0.1, 0.15) is 38.2 Å². The number of amides is 1. The summed E-state index contributed by atoms with van der Waals surface area (Å²) in [7, 11) is 0. The lowest BCUT2D eigenvalue weighted by Gasteiger charge is -2.35. The van der Waals surface area contributed by atoms with Gasteiger partial charge in [-0.05, 0) is 44.7 Å². The van der Waals surface area contributed by atoms with Crippen molar-refractivity contribution in [2.24, 2.45) is 0 Å². The summed E-state index contributed by atoms with van der Waals surface area (Å²) in [5, 5.41) is 14.1. The number of hydrogen-bond acceptors (Lipinski definition) is 8. The number of aromatic nitrogens is 1. The lowest BCUT2D eigenvalue weighted by atomic mass is 9.92. The molecular weight excluding hydrogens is 507 g/mol. The first-order chi connectivity index (χ1) is 18.1. The monoisotopic (exact) mass is 537 g/mol. The van der Waals surface area contributed by atoms with E-state index in [2.05, 4.69) is 15.2 Å². The number of nitrogens with zero attached hydrogens (tertiary/aromatic N) is 4. The Hall–Kier alpha value is -3.77. The molecule has 2 aliphatic rings. The molecule has 0 spiro atoms. The number of hydrogen-bond donors (Lipinski definition) is 1. The third-order valence-corrected chi connectivity index (χ3v) is 6.72. The number of rotatable bonds is 7. The van der Waals surface area contributed by atoms with E-state index in [0.717, 1.165) is 17.8 Å². The maximum Gasteiger partial charge on any atom is 0.423 e. The summed E-state index contributed by atoms with van der Waals surface area (Å²) in [6, 6.07) is 4.84. The van der Waals surface area contributed by atoms with Crippen molar-refractivity contribution in [3.05, 3.63) is 52.3 Å². The van der Waals surface area contributed by atoms with Crippen LogP contribution in [0, 0.1) is 10.1 Å². The number of anilines is 2. The molecule has 1 amide bonds. The summed E-state index contributed by atoms with van der Waals surface area (Å²) in [6.07, 6.45) is 0.958. The first-order valence-electron chi connectivity index (χ1n) is 12.5. The fourth-order valence-corrected chi connectivity index (χ4v) is 4.77. The number of pyridine rings is 1. The van der Waals surface area contributed by atoms with Gasteiger partial charge in [0.1, 0.15) is 11.3 Å². The molecule has 2 aromatic rings. The summed E-state index contributed by atoms with van der Waals surface area (Å²) < 4.78 is 51.0. The average molecular weight is 538 g/mol. The molecule has 1 saturated heterocycles. The van der Waals surface area contributed by atoms with Gasteiger partial charge in [0.15, 0.2) is 0 Å². The first kappa shape index (κ1) is 27.3. The van der Waals surface area contributed by atoms with Gasteiger partial charge < -0.3 is 24.6 Å². The fourth-order valence-electron chi connectivity index (χ4n) is 4.77. The summed E-state index contributed by atoms with van der Waals surface area (Å²) in [5.74, 6) is 0.636. The zero-order valence-corrected chi connectivity index (χ0v) is 20.9. The summed E-state index contributed by atoms with van der Waals surface area (Å²) in [5.41, 5.74) is -1.12. The molecule has 1 aliphatic heterocycles. The average Bonchev–Trinajstić information content (AvgIpc) is 2.89. The van der Waals surface area contributed by atoms with Crippen LogP contribution in [0.4, 0.5) is 35.0 Å². The SMILES string of the molecule is CCOC(=O)N1CCN(c2cncc(O[C@H]3CC[C@H](Nc4ccc([N+](=O)[O-])c(C(F)(F)F)c4)CC3)c2)CC1. The Morgan fingerprint density at radius 3 is 2.47 bits per heavy atom. The van der Waals surface area contributed by atoms with E-state index in [4.69, 9.17) is 9.47 Å². The van der Waals surface area contributed by atoms with E-state index in [9.17, 15) is 28.1 Å². The lowest BCUT2D eigenvalue weighted by molar-refractivity contribution is -0.388. The van der Waals surface area contributed by atoms with Crippen molar-refractivity contribution in [2.45, 2.75) is 50.9 Å². The molecule has 1 aliphatic carbocycles. The summed E-state index contributed by atoms with van der Waals surface area (Å²) in [4.78, 5) is 30.0. The highest BCUT2D eigenvalue weighted by Crippen LogP contribution is 2.38. The fraction of sp³-hybridized carbons (Fsp3) is 0.520. The zero-order chi connectivity index (χ0) is 27.3. The molecule has 1 saturated carbocycles. The number of carbonyl (C=O) groups excluding carboxylic acids is 1. The largest absolute Gasteiger partial charge is 0.489 e. The second-order valence-corrected chi connectivity index (χ2v) is 9.27. The number of nitro groups is 1. The molecule has 4 rings (SSSR count). The van der Waals surface area contributed by atoms with E-state index >= 15 is 0 Å². The van der Waals surface area contributed by atoms with E-state index in [0.29, 0.717) is 64.2 Å². The topological polar surface area (TPSA) is 110 Å². The Labute approximate surface area is 217 Å². The lowest BCUT2D eigenvalue weighted by Crippen LogP contribution is -2.49. The van der Waals surface area contributed by atoms with Gasteiger partial charge in [0.05, 0.1) is 35.7 Å². The van der Waals surface area contributed by atoms with Gasteiger partial charge in [-0.1, -0.05) is 0 Å². The zero-order valence-electron chi connectivity index (χ0n) is 20.9. The molecule has 1 aromatic carbocycles. The minimum Gasteiger partial charge on any atom is -0.489 e. The van der Waals surface area contributed by atoms with E-state index in [1.807, 2.05) is 6.07 Å². The first-order valence-corrected chi connectivity index (χ1v) is 12.5. The van der Waals surface area contributed by atoms with Crippen molar-refractivity contribution in [1.82, 2.24) is 9.88 Å². The molecule has 0 atom stereocenters. The van der Waals surface area contributed by atoms with Crippen LogP contribution in [0.3, 0.4) is 0 Å². The van der Waals surface area contributed by atoms with Gasteiger partial charge in [0, 0.05) is 50.0 Å². The molecular formula is C25H30F3N5O5. The highest BCUT2D eigenvalue weighted by atomic mass is 19.4. The van der Waals surface area contributed by atoms with Crippen molar-refractivity contribution in [2.75, 3.05) is 43.0 Å². The van der Waals surface area contributed by atoms with Crippen molar-refractivity contribution in [3.8, 4) is 5.75 Å². The molecule has 0 radical (unpaired) electrons. The minimum absolute atomic E-state index is 0.0617. The Morgan fingerprint density at radius 1 is 1.13 bits per heavy atom. The van der Waals surface area contributed by atoms with Crippen LogP contribution >= 0.6 is 0 Å². The van der Waals surface area contributed by atoms with Crippen LogP contribution in [-0.4, -0.2) is 65.8 Å². The highest BCUT2D eigenvalue weighted by molar-refractivity contribution is 5.68. The maximum atomic E-state index is 13.3.